The van der Waals surface area contributed by atoms with Crippen LogP contribution in [-0.4, -0.2) is 24.5 Å². The number of halogens is 1. The number of hydrogen-bond acceptors (Lipinski definition) is 4. The molecule has 1 aromatic rings. The molecule has 0 amide bonds. The molecule has 0 saturated carbocycles. The summed E-state index contributed by atoms with van der Waals surface area (Å²) >= 11 is 5.70. The zero-order chi connectivity index (χ0) is 12.8. The zero-order valence-corrected chi connectivity index (χ0v) is 10.7. The highest BCUT2D eigenvalue weighted by Crippen LogP contribution is 2.14. The Balaban J connectivity index is 1.84. The number of anilines is 1. The lowest BCUT2D eigenvalue weighted by molar-refractivity contribution is -0.154. The number of ether oxygens (including phenoxy) is 2. The van der Waals surface area contributed by atoms with Crippen molar-refractivity contribution in [1.29, 1.82) is 0 Å². The fourth-order valence-corrected chi connectivity index (χ4v) is 1.82. The monoisotopic (exact) mass is 266 g/mol. The van der Waals surface area contributed by atoms with Gasteiger partial charge < -0.3 is 15.2 Å². The van der Waals surface area contributed by atoms with Gasteiger partial charge in [-0.2, -0.15) is 0 Å². The number of hydrogen-bond donors (Lipinski definition) is 1. The fourth-order valence-electron chi connectivity index (χ4n) is 1.66. The van der Waals surface area contributed by atoms with Gasteiger partial charge in [0, 0.05) is 12.8 Å². The van der Waals surface area contributed by atoms with Crippen LogP contribution in [0.25, 0.3) is 0 Å². The highest BCUT2D eigenvalue weighted by molar-refractivity contribution is 6.29. The van der Waals surface area contributed by atoms with Crippen LogP contribution in [-0.2, 0) is 9.47 Å². The van der Waals surface area contributed by atoms with Gasteiger partial charge in [-0.15, -0.1) is 0 Å². The third kappa shape index (κ3) is 3.88. The first kappa shape index (κ1) is 13.2. The molecule has 1 aromatic heterocycles. The molecular weight excluding hydrogens is 252 g/mol. The SMILES string of the molecule is Nc1cc(Cl)ncc1C#CCOC1CCCCO1. The maximum atomic E-state index is 5.75. The van der Waals surface area contributed by atoms with Gasteiger partial charge in [-0.05, 0) is 25.3 Å². The Morgan fingerprint density at radius 1 is 1.56 bits per heavy atom. The van der Waals surface area contributed by atoms with E-state index in [0.29, 0.717) is 23.0 Å². The molecule has 2 N–H and O–H groups in total. The van der Waals surface area contributed by atoms with E-state index >= 15 is 0 Å². The second kappa shape index (κ2) is 6.60. The van der Waals surface area contributed by atoms with Crippen molar-refractivity contribution in [3.8, 4) is 11.8 Å². The lowest BCUT2D eigenvalue weighted by Crippen LogP contribution is -2.22. The highest BCUT2D eigenvalue weighted by atomic mass is 35.5. The molecule has 1 atom stereocenters. The maximum absolute atomic E-state index is 5.75. The molecule has 2 heterocycles. The second-order valence-corrected chi connectivity index (χ2v) is 4.39. The molecule has 2 rings (SSSR count). The molecule has 1 fully saturated rings. The highest BCUT2D eigenvalue weighted by Gasteiger charge is 2.12. The van der Waals surface area contributed by atoms with Crippen LogP contribution in [0.4, 0.5) is 5.69 Å². The molecule has 0 aromatic carbocycles. The average Bonchev–Trinajstić information content (AvgIpc) is 2.38. The average molecular weight is 267 g/mol. The van der Waals surface area contributed by atoms with Crippen LogP contribution in [0.3, 0.4) is 0 Å². The van der Waals surface area contributed by atoms with Crippen molar-refractivity contribution in [1.82, 2.24) is 4.98 Å². The first-order chi connectivity index (χ1) is 8.75. The van der Waals surface area contributed by atoms with Crippen LogP contribution < -0.4 is 5.73 Å². The quantitative estimate of drug-likeness (QED) is 0.659. The van der Waals surface area contributed by atoms with E-state index in [-0.39, 0.29) is 6.29 Å². The number of pyridine rings is 1. The summed E-state index contributed by atoms with van der Waals surface area (Å²) in [7, 11) is 0. The van der Waals surface area contributed by atoms with Crippen molar-refractivity contribution in [2.24, 2.45) is 0 Å². The molecule has 0 aliphatic carbocycles. The summed E-state index contributed by atoms with van der Waals surface area (Å²) in [6.07, 6.45) is 4.63. The molecule has 18 heavy (non-hydrogen) atoms. The standard InChI is InChI=1S/C13H15ClN2O2/c14-12-8-11(15)10(9-16-12)4-3-7-18-13-5-1-2-6-17-13/h8-9,13H,1-2,5-7H2,(H2,15,16). The second-order valence-electron chi connectivity index (χ2n) is 4.00. The predicted octanol–water partition coefficient (Wildman–Crippen LogP) is 2.21. The third-order valence-electron chi connectivity index (χ3n) is 2.60. The number of aromatic nitrogens is 1. The predicted molar refractivity (Wildman–Crippen MR) is 70.1 cm³/mol. The topological polar surface area (TPSA) is 57.4 Å². The number of nitrogens with two attached hydrogens (primary N) is 1. The lowest BCUT2D eigenvalue weighted by Gasteiger charge is -2.21. The summed E-state index contributed by atoms with van der Waals surface area (Å²) in [4.78, 5) is 3.93. The van der Waals surface area contributed by atoms with Crippen molar-refractivity contribution >= 4 is 17.3 Å². The van der Waals surface area contributed by atoms with Crippen LogP contribution in [0.15, 0.2) is 12.3 Å². The van der Waals surface area contributed by atoms with E-state index in [2.05, 4.69) is 16.8 Å². The van der Waals surface area contributed by atoms with E-state index in [1.807, 2.05) is 0 Å². The van der Waals surface area contributed by atoms with E-state index in [0.717, 1.165) is 25.9 Å². The molecule has 0 spiro atoms. The Morgan fingerprint density at radius 3 is 3.17 bits per heavy atom. The molecule has 1 unspecified atom stereocenters. The molecule has 1 aliphatic rings. The van der Waals surface area contributed by atoms with Gasteiger partial charge in [0.2, 0.25) is 0 Å². The normalized spacial score (nSPS) is 19.1. The van der Waals surface area contributed by atoms with Gasteiger partial charge >= 0.3 is 0 Å². The van der Waals surface area contributed by atoms with E-state index < -0.39 is 0 Å². The van der Waals surface area contributed by atoms with Crippen LogP contribution in [0.5, 0.6) is 0 Å². The summed E-state index contributed by atoms with van der Waals surface area (Å²) < 4.78 is 10.9. The van der Waals surface area contributed by atoms with Gasteiger partial charge in [-0.3, -0.25) is 0 Å². The molecule has 96 valence electrons. The molecule has 1 saturated heterocycles. The summed E-state index contributed by atoms with van der Waals surface area (Å²) in [6, 6.07) is 1.58. The summed E-state index contributed by atoms with van der Waals surface area (Å²) in [5.41, 5.74) is 6.94. The lowest BCUT2D eigenvalue weighted by atomic mass is 10.2. The zero-order valence-electron chi connectivity index (χ0n) is 9.99. The summed E-state index contributed by atoms with van der Waals surface area (Å²) in [5, 5.41) is 0.366. The number of nitrogen functional groups attached to an aromatic ring is 1. The first-order valence-electron chi connectivity index (χ1n) is 5.89. The Bertz CT molecular complexity index is 462. The van der Waals surface area contributed by atoms with Crippen molar-refractivity contribution in [3.05, 3.63) is 23.0 Å². The van der Waals surface area contributed by atoms with Gasteiger partial charge in [0.1, 0.15) is 11.8 Å². The largest absolute Gasteiger partial charge is 0.398 e. The maximum Gasteiger partial charge on any atom is 0.158 e. The molecule has 0 radical (unpaired) electrons. The van der Waals surface area contributed by atoms with Crippen LogP contribution in [0.2, 0.25) is 5.15 Å². The minimum Gasteiger partial charge on any atom is -0.398 e. The minimum absolute atomic E-state index is 0.117. The van der Waals surface area contributed by atoms with Crippen molar-refractivity contribution in [3.63, 3.8) is 0 Å². The van der Waals surface area contributed by atoms with Gasteiger partial charge in [-0.25, -0.2) is 4.98 Å². The number of rotatable bonds is 2. The smallest absolute Gasteiger partial charge is 0.158 e. The van der Waals surface area contributed by atoms with Crippen LogP contribution >= 0.6 is 11.6 Å². The Hall–Kier alpha value is -1.28. The van der Waals surface area contributed by atoms with Gasteiger partial charge in [0.05, 0.1) is 11.3 Å². The minimum atomic E-state index is -0.117. The van der Waals surface area contributed by atoms with Crippen molar-refractivity contribution < 1.29 is 9.47 Å². The van der Waals surface area contributed by atoms with Crippen molar-refractivity contribution in [2.45, 2.75) is 25.6 Å². The molecule has 5 heteroatoms. The Kier molecular flexibility index (Phi) is 4.82. The molecule has 0 bridgehead atoms. The van der Waals surface area contributed by atoms with Crippen LogP contribution in [0, 0.1) is 11.8 Å². The summed E-state index contributed by atoms with van der Waals surface area (Å²) in [5.74, 6) is 5.80. The Morgan fingerprint density at radius 2 is 2.44 bits per heavy atom. The molecular formula is C13H15ClN2O2. The molecule has 4 nitrogen and oxygen atoms in total. The van der Waals surface area contributed by atoms with Gasteiger partial charge in [-0.1, -0.05) is 23.4 Å². The number of nitrogens with zero attached hydrogens (tertiary/aromatic N) is 1. The molecule has 1 aliphatic heterocycles. The van der Waals surface area contributed by atoms with Gasteiger partial charge in [0.15, 0.2) is 6.29 Å². The van der Waals surface area contributed by atoms with Crippen LogP contribution in [0.1, 0.15) is 24.8 Å². The van der Waals surface area contributed by atoms with Crippen molar-refractivity contribution in [2.75, 3.05) is 18.9 Å². The van der Waals surface area contributed by atoms with E-state index in [9.17, 15) is 0 Å². The Labute approximate surface area is 111 Å². The third-order valence-corrected chi connectivity index (χ3v) is 2.81. The van der Waals surface area contributed by atoms with E-state index in [1.165, 1.54) is 0 Å². The summed E-state index contributed by atoms with van der Waals surface area (Å²) in [6.45, 7) is 1.10. The van der Waals surface area contributed by atoms with Gasteiger partial charge in [0.25, 0.3) is 0 Å². The first-order valence-corrected chi connectivity index (χ1v) is 6.26. The fraction of sp³-hybridized carbons (Fsp3) is 0.462. The van der Waals surface area contributed by atoms with E-state index in [4.69, 9.17) is 26.8 Å². The van der Waals surface area contributed by atoms with E-state index in [1.54, 1.807) is 12.3 Å².